The van der Waals surface area contributed by atoms with Crippen LogP contribution in [-0.2, 0) is 5.41 Å². The normalized spacial score (nSPS) is 17.4. The van der Waals surface area contributed by atoms with Gasteiger partial charge in [-0.3, -0.25) is 0 Å². The zero-order valence-electron chi connectivity index (χ0n) is 8.39. The van der Waals surface area contributed by atoms with Gasteiger partial charge in [-0.2, -0.15) is 0 Å². The molecule has 0 saturated heterocycles. The zero-order valence-corrected chi connectivity index (χ0v) is 9.15. The summed E-state index contributed by atoms with van der Waals surface area (Å²) in [4.78, 5) is 4.37. The molecule has 2 heterocycles. The fraction of sp³-hybridized carbons (Fsp3) is 0.364. The Labute approximate surface area is 89.0 Å². The van der Waals surface area contributed by atoms with E-state index in [2.05, 4.69) is 30.7 Å². The average molecular weight is 209 g/mol. The second-order valence-corrected chi connectivity index (χ2v) is 4.59. The summed E-state index contributed by atoms with van der Waals surface area (Å²) in [6, 6.07) is 1.84. The Morgan fingerprint density at radius 1 is 1.64 bits per heavy atom. The average Bonchev–Trinajstić information content (AvgIpc) is 2.42. The topological polar surface area (TPSA) is 24.9 Å². The highest BCUT2D eigenvalue weighted by Gasteiger charge is 2.32. The number of nitrogens with zero attached hydrogens (tertiary/aromatic N) is 1. The maximum atomic E-state index is 5.95. The van der Waals surface area contributed by atoms with Crippen molar-refractivity contribution in [1.82, 2.24) is 4.98 Å². The monoisotopic (exact) mass is 208 g/mol. The predicted octanol–water partition coefficient (Wildman–Crippen LogP) is 3.08. The van der Waals surface area contributed by atoms with Gasteiger partial charge in [0.25, 0.3) is 0 Å². The van der Waals surface area contributed by atoms with Crippen molar-refractivity contribution >= 4 is 23.4 Å². The first-order valence-corrected chi connectivity index (χ1v) is 5.00. The lowest BCUT2D eigenvalue weighted by molar-refractivity contribution is 0.569. The van der Waals surface area contributed by atoms with Crippen LogP contribution in [0.15, 0.2) is 12.6 Å². The van der Waals surface area contributed by atoms with E-state index in [1.807, 2.05) is 6.07 Å². The molecular weight excluding hydrogens is 196 g/mol. The number of aromatic nitrogens is 1. The molecule has 0 radical (unpaired) electrons. The van der Waals surface area contributed by atoms with E-state index >= 15 is 0 Å². The largest absolute Gasteiger partial charge is 0.382 e. The molecule has 14 heavy (non-hydrogen) atoms. The van der Waals surface area contributed by atoms with Gasteiger partial charge in [0.1, 0.15) is 5.15 Å². The lowest BCUT2D eigenvalue weighted by atomic mass is 9.91. The molecule has 0 aliphatic carbocycles. The van der Waals surface area contributed by atoms with Crippen molar-refractivity contribution in [1.29, 1.82) is 0 Å². The molecule has 1 N–H and O–H groups in total. The first-order valence-electron chi connectivity index (χ1n) is 4.62. The van der Waals surface area contributed by atoms with E-state index in [9.17, 15) is 0 Å². The summed E-state index contributed by atoms with van der Waals surface area (Å²) in [7, 11) is 0. The molecule has 0 unspecified atom stereocenters. The highest BCUT2D eigenvalue weighted by atomic mass is 35.5. The van der Waals surface area contributed by atoms with E-state index in [-0.39, 0.29) is 5.41 Å². The molecule has 2 nitrogen and oxygen atoms in total. The van der Waals surface area contributed by atoms with E-state index < -0.39 is 0 Å². The molecule has 0 aromatic carbocycles. The van der Waals surface area contributed by atoms with Crippen LogP contribution in [0.4, 0.5) is 5.69 Å². The van der Waals surface area contributed by atoms with Gasteiger partial charge in [-0.25, -0.2) is 4.98 Å². The molecule has 0 fully saturated rings. The summed E-state index contributed by atoms with van der Waals surface area (Å²) in [5, 5.41) is 3.88. The van der Waals surface area contributed by atoms with Crippen molar-refractivity contribution < 1.29 is 0 Å². The molecule has 1 aromatic heterocycles. The van der Waals surface area contributed by atoms with Crippen LogP contribution < -0.4 is 5.32 Å². The number of halogens is 1. The number of nitrogens with one attached hydrogen (secondary N) is 1. The zero-order chi connectivity index (χ0) is 10.3. The first kappa shape index (κ1) is 9.53. The summed E-state index contributed by atoms with van der Waals surface area (Å²) in [6.07, 6.45) is 1.81. The molecular formula is C11H13ClN2. The number of pyridine rings is 1. The molecule has 0 bridgehead atoms. The standard InChI is InChI=1S/C11H13ClN2/c1-4-7-5-8(12)14-10-9(7)13-6-11(10,2)3/h4-5,13H,1,6H2,2-3H3. The summed E-state index contributed by atoms with van der Waals surface area (Å²) < 4.78 is 0. The van der Waals surface area contributed by atoms with Crippen molar-refractivity contribution in [3.8, 4) is 0 Å². The molecule has 1 aliphatic heterocycles. The minimum atomic E-state index is 0.0536. The third-order valence-corrected chi connectivity index (χ3v) is 2.78. The van der Waals surface area contributed by atoms with Crippen LogP contribution in [0.25, 0.3) is 6.08 Å². The highest BCUT2D eigenvalue weighted by Crippen LogP contribution is 2.38. The second-order valence-electron chi connectivity index (χ2n) is 4.20. The maximum Gasteiger partial charge on any atom is 0.130 e. The smallest absolute Gasteiger partial charge is 0.130 e. The van der Waals surface area contributed by atoms with Crippen LogP contribution in [0.3, 0.4) is 0 Å². The number of fused-ring (bicyclic) bond motifs is 1. The molecule has 0 saturated carbocycles. The quantitative estimate of drug-likeness (QED) is 0.718. The van der Waals surface area contributed by atoms with Crippen molar-refractivity contribution in [3.63, 3.8) is 0 Å². The van der Waals surface area contributed by atoms with Gasteiger partial charge in [0, 0.05) is 17.5 Å². The van der Waals surface area contributed by atoms with Crippen molar-refractivity contribution in [2.45, 2.75) is 19.3 Å². The lowest BCUT2D eigenvalue weighted by Gasteiger charge is -2.15. The van der Waals surface area contributed by atoms with Gasteiger partial charge in [-0.1, -0.05) is 38.1 Å². The summed E-state index contributed by atoms with van der Waals surface area (Å²) in [5.41, 5.74) is 3.21. The van der Waals surface area contributed by atoms with E-state index in [4.69, 9.17) is 11.6 Å². The van der Waals surface area contributed by atoms with Crippen molar-refractivity contribution in [2.75, 3.05) is 11.9 Å². The Balaban J connectivity index is 2.67. The lowest BCUT2D eigenvalue weighted by Crippen LogP contribution is -2.20. The van der Waals surface area contributed by atoms with Gasteiger partial charge in [0.15, 0.2) is 0 Å². The minimum absolute atomic E-state index is 0.0536. The molecule has 0 spiro atoms. The summed E-state index contributed by atoms with van der Waals surface area (Å²) in [6.45, 7) is 8.98. The van der Waals surface area contributed by atoms with E-state index in [0.717, 1.165) is 23.5 Å². The Kier molecular flexibility index (Phi) is 2.04. The fourth-order valence-electron chi connectivity index (χ4n) is 1.76. The van der Waals surface area contributed by atoms with Crippen LogP contribution in [0, 0.1) is 0 Å². The van der Waals surface area contributed by atoms with Crippen LogP contribution in [0.1, 0.15) is 25.1 Å². The van der Waals surface area contributed by atoms with E-state index in [1.54, 1.807) is 6.08 Å². The van der Waals surface area contributed by atoms with Gasteiger partial charge in [-0.15, -0.1) is 0 Å². The molecule has 2 rings (SSSR count). The van der Waals surface area contributed by atoms with Gasteiger partial charge < -0.3 is 5.32 Å². The summed E-state index contributed by atoms with van der Waals surface area (Å²) in [5.74, 6) is 0. The SMILES string of the molecule is C=Cc1cc(Cl)nc2c1NCC2(C)C. The molecule has 0 amide bonds. The van der Waals surface area contributed by atoms with E-state index in [1.165, 1.54) is 0 Å². The number of rotatable bonds is 1. The molecule has 0 atom stereocenters. The first-order chi connectivity index (χ1) is 6.54. The molecule has 1 aromatic rings. The van der Waals surface area contributed by atoms with Crippen LogP contribution in [0.5, 0.6) is 0 Å². The summed E-state index contributed by atoms with van der Waals surface area (Å²) >= 11 is 5.95. The third kappa shape index (κ3) is 1.30. The second kappa shape index (κ2) is 2.99. The van der Waals surface area contributed by atoms with Gasteiger partial charge in [-0.05, 0) is 6.07 Å². The van der Waals surface area contributed by atoms with Crippen LogP contribution >= 0.6 is 11.6 Å². The van der Waals surface area contributed by atoms with E-state index in [0.29, 0.717) is 5.15 Å². The molecule has 3 heteroatoms. The maximum absolute atomic E-state index is 5.95. The van der Waals surface area contributed by atoms with Gasteiger partial charge in [0.05, 0.1) is 11.4 Å². The highest BCUT2D eigenvalue weighted by molar-refractivity contribution is 6.29. The number of hydrogen-bond acceptors (Lipinski definition) is 2. The molecule has 74 valence electrons. The fourth-order valence-corrected chi connectivity index (χ4v) is 1.96. The Hall–Kier alpha value is -1.02. The Morgan fingerprint density at radius 3 is 3.00 bits per heavy atom. The minimum Gasteiger partial charge on any atom is -0.382 e. The van der Waals surface area contributed by atoms with Crippen molar-refractivity contribution in [3.05, 3.63) is 29.1 Å². The Morgan fingerprint density at radius 2 is 2.36 bits per heavy atom. The number of anilines is 1. The Bertz CT molecular complexity index is 397. The van der Waals surface area contributed by atoms with Crippen molar-refractivity contribution in [2.24, 2.45) is 0 Å². The van der Waals surface area contributed by atoms with Gasteiger partial charge in [0.2, 0.25) is 0 Å². The van der Waals surface area contributed by atoms with Crippen LogP contribution in [-0.4, -0.2) is 11.5 Å². The number of hydrogen-bond donors (Lipinski definition) is 1. The van der Waals surface area contributed by atoms with Gasteiger partial charge >= 0.3 is 0 Å². The third-order valence-electron chi connectivity index (χ3n) is 2.59. The predicted molar refractivity (Wildman–Crippen MR) is 60.9 cm³/mol. The molecule has 1 aliphatic rings. The van der Waals surface area contributed by atoms with Crippen LogP contribution in [0.2, 0.25) is 5.15 Å².